The van der Waals surface area contributed by atoms with Crippen molar-refractivity contribution >= 4 is 23.5 Å². The molecule has 1 aromatic heterocycles. The van der Waals surface area contributed by atoms with Crippen LogP contribution in [-0.2, 0) is 16.1 Å². The molecule has 0 fully saturated rings. The van der Waals surface area contributed by atoms with Gasteiger partial charge in [0.15, 0.2) is 5.82 Å². The highest BCUT2D eigenvalue weighted by molar-refractivity contribution is 5.90. The van der Waals surface area contributed by atoms with Crippen LogP contribution < -0.4 is 10.6 Å². The Labute approximate surface area is 114 Å². The molecule has 0 saturated heterocycles. The molecular formula is C12H13N5O3. The molecule has 104 valence electrons. The van der Waals surface area contributed by atoms with Gasteiger partial charge < -0.3 is 10.1 Å². The average molecular weight is 275 g/mol. The minimum absolute atomic E-state index is 0.0578. The maximum absolute atomic E-state index is 11.7. The molecule has 0 unspecified atom stereocenters. The molecule has 2 N–H and O–H groups in total. The molecule has 20 heavy (non-hydrogen) atoms. The molecule has 0 aliphatic rings. The second kappa shape index (κ2) is 6.32. The number of hydrogen-bond donors (Lipinski definition) is 2. The van der Waals surface area contributed by atoms with Crippen molar-refractivity contribution in [3.05, 3.63) is 36.5 Å². The van der Waals surface area contributed by atoms with Crippen LogP contribution in [0.5, 0.6) is 0 Å². The molecule has 2 aromatic rings. The number of benzene rings is 1. The van der Waals surface area contributed by atoms with E-state index in [-0.39, 0.29) is 18.3 Å². The summed E-state index contributed by atoms with van der Waals surface area (Å²) in [6, 6.07) is 9.05. The van der Waals surface area contributed by atoms with E-state index in [0.29, 0.717) is 5.69 Å². The first kappa shape index (κ1) is 13.5. The van der Waals surface area contributed by atoms with Crippen LogP contribution in [0.3, 0.4) is 0 Å². The first-order valence-corrected chi connectivity index (χ1v) is 5.77. The number of rotatable bonds is 4. The van der Waals surface area contributed by atoms with Gasteiger partial charge in [-0.25, -0.2) is 4.79 Å². The smallest absolute Gasteiger partial charge is 0.412 e. The molecule has 1 heterocycles. The van der Waals surface area contributed by atoms with Crippen molar-refractivity contribution in [3.8, 4) is 0 Å². The zero-order chi connectivity index (χ0) is 14.4. The first-order chi connectivity index (χ1) is 9.67. The van der Waals surface area contributed by atoms with E-state index in [9.17, 15) is 9.59 Å². The monoisotopic (exact) mass is 275 g/mol. The Kier molecular flexibility index (Phi) is 4.28. The molecule has 1 aromatic carbocycles. The van der Waals surface area contributed by atoms with Crippen LogP contribution in [0.4, 0.5) is 16.3 Å². The predicted molar refractivity (Wildman–Crippen MR) is 71.1 cm³/mol. The lowest BCUT2D eigenvalue weighted by Crippen LogP contribution is -2.20. The third-order valence-corrected chi connectivity index (χ3v) is 2.29. The number of anilines is 2. The van der Waals surface area contributed by atoms with Crippen molar-refractivity contribution in [1.29, 1.82) is 0 Å². The van der Waals surface area contributed by atoms with Crippen molar-refractivity contribution in [1.82, 2.24) is 15.0 Å². The van der Waals surface area contributed by atoms with E-state index in [1.54, 1.807) is 12.1 Å². The molecule has 8 nitrogen and oxygen atoms in total. The molecule has 2 rings (SSSR count). The van der Waals surface area contributed by atoms with Gasteiger partial charge in [0, 0.05) is 5.69 Å². The van der Waals surface area contributed by atoms with E-state index in [1.807, 2.05) is 18.2 Å². The van der Waals surface area contributed by atoms with Gasteiger partial charge in [-0.3, -0.25) is 10.1 Å². The fourth-order valence-electron chi connectivity index (χ4n) is 1.44. The highest BCUT2D eigenvalue weighted by Gasteiger charge is 2.08. The van der Waals surface area contributed by atoms with E-state index in [2.05, 4.69) is 25.6 Å². The summed E-state index contributed by atoms with van der Waals surface area (Å²) in [5.74, 6) is -0.0548. The number of hydrogen-bond acceptors (Lipinski definition) is 5. The van der Waals surface area contributed by atoms with Gasteiger partial charge in [-0.15, -0.1) is 5.10 Å². The molecule has 2 amide bonds. The largest absolute Gasteiger partial charge is 0.453 e. The number of aromatic nitrogens is 3. The van der Waals surface area contributed by atoms with Crippen molar-refractivity contribution in [2.24, 2.45) is 0 Å². The van der Waals surface area contributed by atoms with Crippen LogP contribution >= 0.6 is 0 Å². The average Bonchev–Trinajstić information content (AvgIpc) is 2.86. The summed E-state index contributed by atoms with van der Waals surface area (Å²) < 4.78 is 4.42. The fraction of sp³-hybridized carbons (Fsp3) is 0.167. The van der Waals surface area contributed by atoms with Crippen LogP contribution in [0.15, 0.2) is 36.5 Å². The number of carbonyl (C=O) groups excluding carboxylic acids is 2. The maximum atomic E-state index is 11.7. The van der Waals surface area contributed by atoms with E-state index in [0.717, 1.165) is 0 Å². The first-order valence-electron chi connectivity index (χ1n) is 5.77. The van der Waals surface area contributed by atoms with Crippen molar-refractivity contribution in [2.75, 3.05) is 17.7 Å². The Morgan fingerprint density at radius 2 is 2.00 bits per heavy atom. The molecular weight excluding hydrogens is 262 g/mol. The number of amides is 2. The Balaban J connectivity index is 1.90. The van der Waals surface area contributed by atoms with Gasteiger partial charge in [-0.2, -0.15) is 9.90 Å². The maximum Gasteiger partial charge on any atom is 0.412 e. The van der Waals surface area contributed by atoms with Gasteiger partial charge in [-0.05, 0) is 12.1 Å². The Bertz CT molecular complexity index is 596. The van der Waals surface area contributed by atoms with Gasteiger partial charge >= 0.3 is 6.09 Å². The summed E-state index contributed by atoms with van der Waals surface area (Å²) in [4.78, 5) is 23.9. The second-order valence-electron chi connectivity index (χ2n) is 3.79. The lowest BCUT2D eigenvalue weighted by atomic mass is 10.3. The molecule has 8 heteroatoms. The topological polar surface area (TPSA) is 98.1 Å². The van der Waals surface area contributed by atoms with E-state index < -0.39 is 6.09 Å². The molecule has 0 aliphatic carbocycles. The minimum atomic E-state index is -0.647. The number of para-hydroxylation sites is 1. The van der Waals surface area contributed by atoms with Crippen LogP contribution in [0.1, 0.15) is 0 Å². The zero-order valence-corrected chi connectivity index (χ0v) is 10.7. The molecule has 0 saturated carbocycles. The lowest BCUT2D eigenvalue weighted by Gasteiger charge is -2.03. The predicted octanol–water partition coefficient (Wildman–Crippen LogP) is 1.10. The highest BCUT2D eigenvalue weighted by Crippen LogP contribution is 2.05. The highest BCUT2D eigenvalue weighted by atomic mass is 16.5. The minimum Gasteiger partial charge on any atom is -0.453 e. The van der Waals surface area contributed by atoms with Gasteiger partial charge in [-0.1, -0.05) is 18.2 Å². The van der Waals surface area contributed by atoms with Gasteiger partial charge in [0.2, 0.25) is 5.91 Å². The Morgan fingerprint density at radius 1 is 1.25 bits per heavy atom. The molecule has 0 spiro atoms. The third-order valence-electron chi connectivity index (χ3n) is 2.29. The Morgan fingerprint density at radius 3 is 2.70 bits per heavy atom. The summed E-state index contributed by atoms with van der Waals surface area (Å²) in [6.07, 6.45) is 0.679. The van der Waals surface area contributed by atoms with E-state index in [4.69, 9.17) is 0 Å². The van der Waals surface area contributed by atoms with Crippen LogP contribution in [0.2, 0.25) is 0 Å². The summed E-state index contributed by atoms with van der Waals surface area (Å²) in [6.45, 7) is -0.0578. The fourth-order valence-corrected chi connectivity index (χ4v) is 1.44. The summed E-state index contributed by atoms with van der Waals surface area (Å²) >= 11 is 0. The van der Waals surface area contributed by atoms with Crippen molar-refractivity contribution < 1.29 is 14.3 Å². The number of carbonyl (C=O) groups is 2. The third kappa shape index (κ3) is 3.80. The SMILES string of the molecule is COC(=O)Nc1cnn(CC(=O)Nc2ccccc2)n1. The normalized spacial score (nSPS) is 9.85. The van der Waals surface area contributed by atoms with Gasteiger partial charge in [0.1, 0.15) is 6.54 Å². The number of methoxy groups -OCH3 is 1. The van der Waals surface area contributed by atoms with Gasteiger partial charge in [0.25, 0.3) is 0 Å². The summed E-state index contributed by atoms with van der Waals surface area (Å²) in [7, 11) is 1.24. The number of nitrogens with zero attached hydrogens (tertiary/aromatic N) is 3. The van der Waals surface area contributed by atoms with Crippen molar-refractivity contribution in [3.63, 3.8) is 0 Å². The summed E-state index contributed by atoms with van der Waals surface area (Å²) in [5, 5.41) is 12.8. The van der Waals surface area contributed by atoms with Crippen LogP contribution in [0, 0.1) is 0 Å². The Hall–Kier alpha value is -2.90. The number of ether oxygens (including phenoxy) is 1. The van der Waals surface area contributed by atoms with E-state index in [1.165, 1.54) is 18.1 Å². The molecule has 0 atom stereocenters. The second-order valence-corrected chi connectivity index (χ2v) is 3.79. The zero-order valence-electron chi connectivity index (χ0n) is 10.7. The van der Waals surface area contributed by atoms with Crippen LogP contribution in [0.25, 0.3) is 0 Å². The van der Waals surface area contributed by atoms with Crippen LogP contribution in [-0.4, -0.2) is 34.1 Å². The number of nitrogens with one attached hydrogen (secondary N) is 2. The summed E-state index contributed by atoms with van der Waals surface area (Å²) in [5.41, 5.74) is 0.692. The van der Waals surface area contributed by atoms with E-state index >= 15 is 0 Å². The standard InChI is InChI=1S/C12H13N5O3/c1-20-12(19)15-10-7-13-17(16-10)8-11(18)14-9-5-3-2-4-6-9/h2-7H,8H2,1H3,(H,14,18)(H,15,16,19). The molecule has 0 bridgehead atoms. The molecule has 0 radical (unpaired) electrons. The molecule has 0 aliphatic heterocycles. The lowest BCUT2D eigenvalue weighted by molar-refractivity contribution is -0.117. The van der Waals surface area contributed by atoms with Crippen molar-refractivity contribution in [2.45, 2.75) is 6.54 Å². The van der Waals surface area contributed by atoms with Gasteiger partial charge in [0.05, 0.1) is 13.3 Å². The quantitative estimate of drug-likeness (QED) is 0.870.